The van der Waals surface area contributed by atoms with Gasteiger partial charge in [-0.1, -0.05) is 12.1 Å². The molecule has 0 atom stereocenters. The first kappa shape index (κ1) is 17.6. The van der Waals surface area contributed by atoms with Crippen LogP contribution in [0.25, 0.3) is 10.4 Å². The Labute approximate surface area is 160 Å². The zero-order valence-electron chi connectivity index (χ0n) is 14.5. The monoisotopic (exact) mass is 383 g/mol. The van der Waals surface area contributed by atoms with E-state index in [1.165, 1.54) is 22.7 Å². The van der Waals surface area contributed by atoms with Crippen LogP contribution in [-0.4, -0.2) is 30.1 Å². The van der Waals surface area contributed by atoms with Crippen LogP contribution in [0.5, 0.6) is 0 Å². The third-order valence-electron chi connectivity index (χ3n) is 4.35. The molecule has 2 aromatic heterocycles. The van der Waals surface area contributed by atoms with Gasteiger partial charge in [0, 0.05) is 22.8 Å². The van der Waals surface area contributed by atoms with Gasteiger partial charge in [0.25, 0.3) is 5.91 Å². The van der Waals surface area contributed by atoms with Gasteiger partial charge >= 0.3 is 0 Å². The second-order valence-electron chi connectivity index (χ2n) is 6.34. The second kappa shape index (κ2) is 7.85. The van der Waals surface area contributed by atoms with Gasteiger partial charge in [-0.3, -0.25) is 9.69 Å². The molecule has 1 aromatic carbocycles. The maximum Gasteiger partial charge on any atom is 0.254 e. The highest BCUT2D eigenvalue weighted by molar-refractivity contribution is 7.15. The molecule has 4 rings (SSSR count). The lowest BCUT2D eigenvalue weighted by Gasteiger charge is -2.25. The lowest BCUT2D eigenvalue weighted by Crippen LogP contribution is -2.38. The Morgan fingerprint density at radius 2 is 2.26 bits per heavy atom. The summed E-state index contributed by atoms with van der Waals surface area (Å²) in [6, 6.07) is 12.3. The van der Waals surface area contributed by atoms with Crippen molar-refractivity contribution in [2.45, 2.75) is 13.0 Å². The van der Waals surface area contributed by atoms with E-state index in [1.807, 2.05) is 6.07 Å². The highest BCUT2D eigenvalue weighted by Crippen LogP contribution is 2.34. The van der Waals surface area contributed by atoms with Crippen LogP contribution in [0.2, 0.25) is 0 Å². The molecule has 0 radical (unpaired) electrons. The van der Waals surface area contributed by atoms with E-state index in [0.717, 1.165) is 23.4 Å². The minimum atomic E-state index is -0.229. The van der Waals surface area contributed by atoms with Gasteiger partial charge in [-0.2, -0.15) is 5.10 Å². The highest BCUT2D eigenvalue weighted by atomic mass is 32.1. The molecule has 0 aliphatic carbocycles. The maximum atomic E-state index is 13.5. The van der Waals surface area contributed by atoms with Crippen molar-refractivity contribution in [3.63, 3.8) is 0 Å². The molecule has 5 nitrogen and oxygen atoms in total. The normalized spacial score (nSPS) is 14.4. The van der Waals surface area contributed by atoms with E-state index in [4.69, 9.17) is 4.42 Å². The molecular formula is C20H18FN3O2S. The molecule has 138 valence electrons. The SMILES string of the molecule is O=C(CN1CCc2sc(-c3cccc(F)c3)cc2C1)NN=Cc1ccco1. The molecule has 1 N–H and O–H groups in total. The van der Waals surface area contributed by atoms with E-state index < -0.39 is 0 Å². The van der Waals surface area contributed by atoms with Crippen LogP contribution in [0, 0.1) is 5.82 Å². The Kier molecular flexibility index (Phi) is 5.13. The third kappa shape index (κ3) is 4.32. The molecule has 7 heteroatoms. The summed E-state index contributed by atoms with van der Waals surface area (Å²) in [4.78, 5) is 16.5. The highest BCUT2D eigenvalue weighted by Gasteiger charge is 2.21. The number of carbonyl (C=O) groups excluding carboxylic acids is 1. The van der Waals surface area contributed by atoms with Crippen molar-refractivity contribution in [3.8, 4) is 10.4 Å². The van der Waals surface area contributed by atoms with Gasteiger partial charge in [-0.25, -0.2) is 9.82 Å². The van der Waals surface area contributed by atoms with Crippen LogP contribution in [0.15, 0.2) is 58.2 Å². The van der Waals surface area contributed by atoms with Gasteiger partial charge in [0.1, 0.15) is 11.6 Å². The molecule has 0 fully saturated rings. The molecule has 27 heavy (non-hydrogen) atoms. The Hall–Kier alpha value is -2.77. The second-order valence-corrected chi connectivity index (χ2v) is 7.48. The fourth-order valence-electron chi connectivity index (χ4n) is 3.08. The summed E-state index contributed by atoms with van der Waals surface area (Å²) in [6.45, 7) is 1.79. The van der Waals surface area contributed by atoms with Crippen LogP contribution in [0.1, 0.15) is 16.2 Å². The number of hydrogen-bond acceptors (Lipinski definition) is 5. The third-order valence-corrected chi connectivity index (χ3v) is 5.63. The van der Waals surface area contributed by atoms with Crippen molar-refractivity contribution >= 4 is 23.5 Å². The fraction of sp³-hybridized carbons (Fsp3) is 0.200. The average Bonchev–Trinajstić information content (AvgIpc) is 3.31. The van der Waals surface area contributed by atoms with Gasteiger partial charge in [0.05, 0.1) is 19.0 Å². The fourth-order valence-corrected chi connectivity index (χ4v) is 4.24. The number of nitrogens with one attached hydrogen (secondary N) is 1. The summed E-state index contributed by atoms with van der Waals surface area (Å²) in [7, 11) is 0. The number of hydrazone groups is 1. The van der Waals surface area contributed by atoms with E-state index in [1.54, 1.807) is 41.9 Å². The molecular weight excluding hydrogens is 365 g/mol. The summed E-state index contributed by atoms with van der Waals surface area (Å²) in [5, 5.41) is 3.90. The van der Waals surface area contributed by atoms with Gasteiger partial charge in [0.15, 0.2) is 0 Å². The molecule has 0 saturated carbocycles. The number of nitrogens with zero attached hydrogens (tertiary/aromatic N) is 2. The maximum absolute atomic E-state index is 13.5. The van der Waals surface area contributed by atoms with Gasteiger partial charge in [0.2, 0.25) is 0 Å². The van der Waals surface area contributed by atoms with E-state index >= 15 is 0 Å². The Morgan fingerprint density at radius 3 is 3.07 bits per heavy atom. The number of hydrogen-bond donors (Lipinski definition) is 1. The van der Waals surface area contributed by atoms with Crippen LogP contribution < -0.4 is 5.43 Å². The lowest BCUT2D eigenvalue weighted by molar-refractivity contribution is -0.122. The van der Waals surface area contributed by atoms with Gasteiger partial charge in [-0.15, -0.1) is 11.3 Å². The number of benzene rings is 1. The molecule has 3 aromatic rings. The van der Waals surface area contributed by atoms with E-state index in [9.17, 15) is 9.18 Å². The van der Waals surface area contributed by atoms with Crippen molar-refractivity contribution < 1.29 is 13.6 Å². The predicted octanol–water partition coefficient (Wildman–Crippen LogP) is 3.66. The molecule has 0 spiro atoms. The minimum Gasteiger partial charge on any atom is -0.463 e. The summed E-state index contributed by atoms with van der Waals surface area (Å²) in [5.74, 6) is 0.190. The first-order valence-electron chi connectivity index (χ1n) is 8.63. The number of thiophene rings is 1. The largest absolute Gasteiger partial charge is 0.463 e. The number of fused-ring (bicyclic) bond motifs is 1. The van der Waals surface area contributed by atoms with Crippen LogP contribution in [0.3, 0.4) is 0 Å². The zero-order valence-corrected chi connectivity index (χ0v) is 15.3. The molecule has 3 heterocycles. The molecule has 0 unspecified atom stereocenters. The number of halogens is 1. The van der Waals surface area contributed by atoms with Crippen LogP contribution in [0.4, 0.5) is 4.39 Å². The van der Waals surface area contributed by atoms with E-state index in [0.29, 0.717) is 12.3 Å². The number of rotatable bonds is 5. The molecule has 1 aliphatic heterocycles. The number of amides is 1. The lowest BCUT2D eigenvalue weighted by atomic mass is 10.1. The van der Waals surface area contributed by atoms with Crippen molar-refractivity contribution in [3.05, 3.63) is 70.7 Å². The average molecular weight is 383 g/mol. The van der Waals surface area contributed by atoms with E-state index in [2.05, 4.69) is 21.5 Å². The zero-order chi connectivity index (χ0) is 18.6. The number of carbonyl (C=O) groups is 1. The van der Waals surface area contributed by atoms with Crippen LogP contribution >= 0.6 is 11.3 Å². The van der Waals surface area contributed by atoms with Gasteiger partial charge < -0.3 is 4.42 Å². The standard InChI is InChI=1S/C20H18FN3O2S/c21-16-4-1-3-14(9-16)19-10-15-12-24(7-6-18(15)27-19)13-20(25)23-22-11-17-5-2-8-26-17/h1-5,8-11H,6-7,12-13H2,(H,23,25). The summed E-state index contributed by atoms with van der Waals surface area (Å²) in [6.07, 6.45) is 3.90. The smallest absolute Gasteiger partial charge is 0.254 e. The predicted molar refractivity (Wildman–Crippen MR) is 103 cm³/mol. The van der Waals surface area contributed by atoms with Crippen molar-refractivity contribution in [1.29, 1.82) is 0 Å². The summed E-state index contributed by atoms with van der Waals surface area (Å²) < 4.78 is 18.6. The van der Waals surface area contributed by atoms with Crippen LogP contribution in [-0.2, 0) is 17.8 Å². The van der Waals surface area contributed by atoms with Crippen molar-refractivity contribution in [2.75, 3.05) is 13.1 Å². The Bertz CT molecular complexity index is 966. The molecule has 0 saturated heterocycles. The van der Waals surface area contributed by atoms with Crippen molar-refractivity contribution in [1.82, 2.24) is 10.3 Å². The van der Waals surface area contributed by atoms with Gasteiger partial charge in [-0.05, 0) is 47.9 Å². The molecule has 1 aliphatic rings. The van der Waals surface area contributed by atoms with Crippen molar-refractivity contribution in [2.24, 2.45) is 5.10 Å². The summed E-state index contributed by atoms with van der Waals surface area (Å²) >= 11 is 1.70. The summed E-state index contributed by atoms with van der Waals surface area (Å²) in [5.41, 5.74) is 4.62. The minimum absolute atomic E-state index is 0.165. The Balaban J connectivity index is 1.36. The Morgan fingerprint density at radius 1 is 1.33 bits per heavy atom. The first-order chi connectivity index (χ1) is 13.2. The quantitative estimate of drug-likeness (QED) is 0.540. The molecule has 0 bridgehead atoms. The number of furan rings is 1. The molecule has 1 amide bonds. The topological polar surface area (TPSA) is 57.8 Å². The first-order valence-corrected chi connectivity index (χ1v) is 9.44. The van der Waals surface area contributed by atoms with E-state index in [-0.39, 0.29) is 18.3 Å².